The van der Waals surface area contributed by atoms with Crippen molar-refractivity contribution in [2.45, 2.75) is 19.3 Å². The van der Waals surface area contributed by atoms with E-state index in [1.165, 1.54) is 30.5 Å². The lowest BCUT2D eigenvalue weighted by molar-refractivity contribution is 0.0665. The maximum absolute atomic E-state index is 5.36. The zero-order chi connectivity index (χ0) is 10.5. The molecule has 1 N–H and O–H groups in total. The Morgan fingerprint density at radius 2 is 1.87 bits per heavy atom. The third kappa shape index (κ3) is 2.96. The van der Waals surface area contributed by atoms with Gasteiger partial charge in [0.25, 0.3) is 0 Å². The van der Waals surface area contributed by atoms with Gasteiger partial charge in [0, 0.05) is 25.9 Å². The van der Waals surface area contributed by atoms with Crippen molar-refractivity contribution in [3.63, 3.8) is 0 Å². The number of hydrogen-bond acceptors (Lipinski definition) is 2. The molecule has 2 heteroatoms. The van der Waals surface area contributed by atoms with Gasteiger partial charge in [-0.05, 0) is 42.9 Å². The normalized spacial score (nSPS) is 17.7. The van der Waals surface area contributed by atoms with Gasteiger partial charge in [-0.1, -0.05) is 12.1 Å². The highest BCUT2D eigenvalue weighted by atomic mass is 16.5. The highest BCUT2D eigenvalue weighted by molar-refractivity contribution is 5.43. The fourth-order valence-electron chi connectivity index (χ4n) is 2.09. The van der Waals surface area contributed by atoms with Crippen LogP contribution in [0, 0.1) is 5.92 Å². The molecule has 1 aliphatic heterocycles. The predicted octanol–water partition coefficient (Wildman–Crippen LogP) is 2.70. The van der Waals surface area contributed by atoms with Gasteiger partial charge in [-0.15, -0.1) is 0 Å². The Kier molecular flexibility index (Phi) is 3.62. The molecule has 82 valence electrons. The molecule has 1 saturated heterocycles. The van der Waals surface area contributed by atoms with Crippen molar-refractivity contribution in [2.75, 3.05) is 25.6 Å². The zero-order valence-corrected chi connectivity index (χ0v) is 9.33. The van der Waals surface area contributed by atoms with Crippen LogP contribution in [0.1, 0.15) is 18.4 Å². The molecule has 2 nitrogen and oxygen atoms in total. The van der Waals surface area contributed by atoms with Gasteiger partial charge < -0.3 is 10.1 Å². The fourth-order valence-corrected chi connectivity index (χ4v) is 2.09. The van der Waals surface area contributed by atoms with E-state index in [1.54, 1.807) is 0 Å². The summed E-state index contributed by atoms with van der Waals surface area (Å²) >= 11 is 0. The smallest absolute Gasteiger partial charge is 0.0468 e. The van der Waals surface area contributed by atoms with Crippen molar-refractivity contribution in [3.8, 4) is 0 Å². The number of rotatable bonds is 3. The second-order valence-corrected chi connectivity index (χ2v) is 4.21. The summed E-state index contributed by atoms with van der Waals surface area (Å²) in [5.41, 5.74) is 2.63. The van der Waals surface area contributed by atoms with Crippen LogP contribution in [0.5, 0.6) is 0 Å². The molecule has 1 fully saturated rings. The van der Waals surface area contributed by atoms with E-state index in [0.29, 0.717) is 0 Å². The molecule has 0 saturated carbocycles. The van der Waals surface area contributed by atoms with E-state index in [4.69, 9.17) is 4.74 Å². The summed E-state index contributed by atoms with van der Waals surface area (Å²) in [6.45, 7) is 1.89. The van der Waals surface area contributed by atoms with Gasteiger partial charge in [0.2, 0.25) is 0 Å². The molecule has 0 aliphatic carbocycles. The lowest BCUT2D eigenvalue weighted by Crippen LogP contribution is -2.17. The Morgan fingerprint density at radius 1 is 1.20 bits per heavy atom. The van der Waals surface area contributed by atoms with Crippen LogP contribution in [0.15, 0.2) is 24.3 Å². The first-order valence-electron chi connectivity index (χ1n) is 5.73. The van der Waals surface area contributed by atoms with E-state index in [-0.39, 0.29) is 0 Å². The molecule has 1 heterocycles. The van der Waals surface area contributed by atoms with E-state index in [1.807, 2.05) is 7.05 Å². The minimum absolute atomic E-state index is 0.819. The summed E-state index contributed by atoms with van der Waals surface area (Å²) in [5, 5.41) is 3.14. The van der Waals surface area contributed by atoms with Crippen LogP contribution in [-0.2, 0) is 11.2 Å². The molecule has 15 heavy (non-hydrogen) atoms. The number of benzene rings is 1. The molecule has 0 radical (unpaired) electrons. The molecule has 0 spiro atoms. The summed E-state index contributed by atoms with van der Waals surface area (Å²) in [6, 6.07) is 8.74. The SMILES string of the molecule is CNc1ccc(CC2CCOCC2)cc1. The third-order valence-electron chi connectivity index (χ3n) is 3.11. The monoisotopic (exact) mass is 205 g/mol. The Bertz CT molecular complexity index is 288. The van der Waals surface area contributed by atoms with Crippen molar-refractivity contribution in [3.05, 3.63) is 29.8 Å². The lowest BCUT2D eigenvalue weighted by atomic mass is 9.92. The van der Waals surface area contributed by atoms with Gasteiger partial charge in [-0.3, -0.25) is 0 Å². The van der Waals surface area contributed by atoms with Gasteiger partial charge in [-0.2, -0.15) is 0 Å². The highest BCUT2D eigenvalue weighted by Gasteiger charge is 2.13. The predicted molar refractivity (Wildman–Crippen MR) is 63.2 cm³/mol. The van der Waals surface area contributed by atoms with Crippen molar-refractivity contribution in [1.29, 1.82) is 0 Å². The number of hydrogen-bond donors (Lipinski definition) is 1. The summed E-state index contributed by atoms with van der Waals surface area (Å²) in [4.78, 5) is 0. The van der Waals surface area contributed by atoms with Crippen molar-refractivity contribution < 1.29 is 4.74 Å². The molecule has 1 aliphatic rings. The Morgan fingerprint density at radius 3 is 2.47 bits per heavy atom. The van der Waals surface area contributed by atoms with Crippen molar-refractivity contribution >= 4 is 5.69 Å². The van der Waals surface area contributed by atoms with Gasteiger partial charge in [0.05, 0.1) is 0 Å². The maximum atomic E-state index is 5.36. The summed E-state index contributed by atoms with van der Waals surface area (Å²) < 4.78 is 5.36. The molecule has 2 rings (SSSR count). The van der Waals surface area contributed by atoms with Gasteiger partial charge in [-0.25, -0.2) is 0 Å². The molecule has 1 aromatic carbocycles. The molecule has 0 aromatic heterocycles. The first-order chi connectivity index (χ1) is 7.38. The largest absolute Gasteiger partial charge is 0.388 e. The van der Waals surface area contributed by atoms with Crippen LogP contribution in [0.3, 0.4) is 0 Å². The van der Waals surface area contributed by atoms with Gasteiger partial charge in [0.15, 0.2) is 0 Å². The van der Waals surface area contributed by atoms with Crippen molar-refractivity contribution in [2.24, 2.45) is 5.92 Å². The van der Waals surface area contributed by atoms with Crippen LogP contribution >= 0.6 is 0 Å². The molecule has 0 unspecified atom stereocenters. The second-order valence-electron chi connectivity index (χ2n) is 4.21. The maximum Gasteiger partial charge on any atom is 0.0468 e. The van der Waals surface area contributed by atoms with E-state index >= 15 is 0 Å². The molecule has 0 bridgehead atoms. The Labute approximate surface area is 91.6 Å². The lowest BCUT2D eigenvalue weighted by Gasteiger charge is -2.21. The van der Waals surface area contributed by atoms with Crippen LogP contribution in [0.25, 0.3) is 0 Å². The fraction of sp³-hybridized carbons (Fsp3) is 0.538. The van der Waals surface area contributed by atoms with Crippen LogP contribution in [0.2, 0.25) is 0 Å². The Hall–Kier alpha value is -1.02. The van der Waals surface area contributed by atoms with Crippen LogP contribution < -0.4 is 5.32 Å². The molecular formula is C13H19NO. The second kappa shape index (κ2) is 5.17. The summed E-state index contributed by atoms with van der Waals surface area (Å²) in [6.07, 6.45) is 3.63. The minimum Gasteiger partial charge on any atom is -0.388 e. The number of nitrogens with one attached hydrogen (secondary N) is 1. The first kappa shape index (κ1) is 10.5. The van der Waals surface area contributed by atoms with Crippen LogP contribution in [0.4, 0.5) is 5.69 Å². The average Bonchev–Trinajstić information content (AvgIpc) is 2.31. The van der Waals surface area contributed by atoms with Gasteiger partial charge in [0.1, 0.15) is 0 Å². The van der Waals surface area contributed by atoms with Crippen molar-refractivity contribution in [1.82, 2.24) is 0 Å². The number of ether oxygens (including phenoxy) is 1. The number of anilines is 1. The highest BCUT2D eigenvalue weighted by Crippen LogP contribution is 2.20. The van der Waals surface area contributed by atoms with E-state index in [2.05, 4.69) is 29.6 Å². The van der Waals surface area contributed by atoms with E-state index < -0.39 is 0 Å². The molecular weight excluding hydrogens is 186 g/mol. The van der Waals surface area contributed by atoms with Gasteiger partial charge >= 0.3 is 0 Å². The topological polar surface area (TPSA) is 21.3 Å². The summed E-state index contributed by atoms with van der Waals surface area (Å²) in [7, 11) is 1.95. The van der Waals surface area contributed by atoms with E-state index in [0.717, 1.165) is 19.1 Å². The standard InChI is InChI=1S/C13H19NO/c1-14-13-4-2-11(3-5-13)10-12-6-8-15-9-7-12/h2-5,12,14H,6-10H2,1H3. The third-order valence-corrected chi connectivity index (χ3v) is 3.11. The molecule has 1 aromatic rings. The van der Waals surface area contributed by atoms with Crippen LogP contribution in [-0.4, -0.2) is 20.3 Å². The molecule has 0 amide bonds. The van der Waals surface area contributed by atoms with E-state index in [9.17, 15) is 0 Å². The minimum atomic E-state index is 0.819. The first-order valence-corrected chi connectivity index (χ1v) is 5.73. The zero-order valence-electron chi connectivity index (χ0n) is 9.33. The molecule has 0 atom stereocenters. The quantitative estimate of drug-likeness (QED) is 0.819. The summed E-state index contributed by atoms with van der Waals surface area (Å²) in [5.74, 6) is 0.819. The average molecular weight is 205 g/mol. The Balaban J connectivity index is 1.91.